The minimum Gasteiger partial charge on any atom is -0.433 e. The van der Waals surface area contributed by atoms with Crippen molar-refractivity contribution in [2.24, 2.45) is 0 Å². The third-order valence-electron chi connectivity index (χ3n) is 2.58. The van der Waals surface area contributed by atoms with Crippen molar-refractivity contribution >= 4 is 17.3 Å². The monoisotopic (exact) mass is 262 g/mol. The second-order valence-corrected chi connectivity index (χ2v) is 4.26. The van der Waals surface area contributed by atoms with Crippen LogP contribution in [0.4, 0.5) is 14.5 Å². The van der Waals surface area contributed by atoms with E-state index in [0.29, 0.717) is 6.04 Å². The zero-order chi connectivity index (χ0) is 12.3. The van der Waals surface area contributed by atoms with E-state index >= 15 is 0 Å². The molecule has 1 saturated heterocycles. The van der Waals surface area contributed by atoms with Crippen LogP contribution in [0, 0.1) is 0 Å². The lowest BCUT2D eigenvalue weighted by atomic mass is 10.2. The van der Waals surface area contributed by atoms with Crippen LogP contribution in [-0.2, 0) is 0 Å². The number of benzene rings is 1. The summed E-state index contributed by atoms with van der Waals surface area (Å²) >= 11 is 5.84. The fourth-order valence-electron chi connectivity index (χ4n) is 1.80. The standard InChI is InChI=1S/C11H13ClF2N2O/c12-9-5-7(16-8-3-4-15-6-8)1-2-10(9)17-11(13)14/h1-2,5,8,11,15-16H,3-4,6H2. The first-order valence-corrected chi connectivity index (χ1v) is 5.74. The number of halogens is 3. The Kier molecular flexibility index (Phi) is 4.02. The number of rotatable bonds is 4. The van der Waals surface area contributed by atoms with E-state index in [2.05, 4.69) is 15.4 Å². The highest BCUT2D eigenvalue weighted by Crippen LogP contribution is 2.29. The highest BCUT2D eigenvalue weighted by Gasteiger charge is 2.15. The highest BCUT2D eigenvalue weighted by molar-refractivity contribution is 6.32. The topological polar surface area (TPSA) is 33.3 Å². The summed E-state index contributed by atoms with van der Waals surface area (Å²) in [5, 5.41) is 6.68. The molecule has 1 heterocycles. The van der Waals surface area contributed by atoms with Gasteiger partial charge in [-0.25, -0.2) is 0 Å². The zero-order valence-corrected chi connectivity index (χ0v) is 9.81. The summed E-state index contributed by atoms with van der Waals surface area (Å²) in [6, 6.07) is 5.08. The van der Waals surface area contributed by atoms with Gasteiger partial charge >= 0.3 is 6.61 Å². The lowest BCUT2D eigenvalue weighted by Crippen LogP contribution is -2.22. The van der Waals surface area contributed by atoms with E-state index in [1.807, 2.05) is 0 Å². The molecule has 0 radical (unpaired) electrons. The van der Waals surface area contributed by atoms with Gasteiger partial charge in [-0.1, -0.05) is 11.6 Å². The predicted octanol–water partition coefficient (Wildman–Crippen LogP) is 2.72. The van der Waals surface area contributed by atoms with Gasteiger partial charge in [-0.05, 0) is 31.2 Å². The quantitative estimate of drug-likeness (QED) is 0.875. The third kappa shape index (κ3) is 3.44. The molecule has 1 aromatic rings. The van der Waals surface area contributed by atoms with E-state index in [-0.39, 0.29) is 10.8 Å². The molecule has 2 N–H and O–H groups in total. The number of ether oxygens (including phenoxy) is 1. The van der Waals surface area contributed by atoms with Gasteiger partial charge in [0.05, 0.1) is 5.02 Å². The predicted molar refractivity (Wildman–Crippen MR) is 63.0 cm³/mol. The second kappa shape index (κ2) is 5.51. The fourth-order valence-corrected chi connectivity index (χ4v) is 2.02. The van der Waals surface area contributed by atoms with Crippen LogP contribution >= 0.6 is 11.6 Å². The van der Waals surface area contributed by atoms with Gasteiger partial charge in [0.25, 0.3) is 0 Å². The summed E-state index contributed by atoms with van der Waals surface area (Å²) in [7, 11) is 0. The molecule has 1 fully saturated rings. The average Bonchev–Trinajstić information content (AvgIpc) is 2.74. The second-order valence-electron chi connectivity index (χ2n) is 3.86. The Balaban J connectivity index is 2.02. The van der Waals surface area contributed by atoms with Crippen LogP contribution in [0.3, 0.4) is 0 Å². The van der Waals surface area contributed by atoms with Crippen LogP contribution in [0.2, 0.25) is 5.02 Å². The Morgan fingerprint density at radius 3 is 2.88 bits per heavy atom. The van der Waals surface area contributed by atoms with E-state index in [4.69, 9.17) is 11.6 Å². The number of alkyl halides is 2. The van der Waals surface area contributed by atoms with Crippen molar-refractivity contribution in [3.63, 3.8) is 0 Å². The minimum absolute atomic E-state index is 0.00300. The maximum atomic E-state index is 12.0. The number of anilines is 1. The molecule has 0 saturated carbocycles. The first kappa shape index (κ1) is 12.4. The Labute approximate surface area is 103 Å². The molecule has 2 rings (SSSR count). The smallest absolute Gasteiger partial charge is 0.387 e. The van der Waals surface area contributed by atoms with E-state index in [9.17, 15) is 8.78 Å². The fraction of sp³-hybridized carbons (Fsp3) is 0.455. The molecule has 0 spiro atoms. The van der Waals surface area contributed by atoms with E-state index in [1.54, 1.807) is 12.1 Å². The van der Waals surface area contributed by atoms with Crippen molar-refractivity contribution < 1.29 is 13.5 Å². The number of hydrogen-bond acceptors (Lipinski definition) is 3. The maximum Gasteiger partial charge on any atom is 0.387 e. The molecular weight excluding hydrogens is 250 g/mol. The summed E-state index contributed by atoms with van der Waals surface area (Å²) in [6.45, 7) is -0.976. The first-order valence-electron chi connectivity index (χ1n) is 5.37. The molecule has 1 unspecified atom stereocenters. The summed E-state index contributed by atoms with van der Waals surface area (Å²) in [6.07, 6.45) is 1.03. The van der Waals surface area contributed by atoms with Gasteiger partial charge in [-0.2, -0.15) is 8.78 Å². The summed E-state index contributed by atoms with van der Waals surface area (Å²) < 4.78 is 28.3. The van der Waals surface area contributed by atoms with Gasteiger partial charge in [0, 0.05) is 18.3 Å². The third-order valence-corrected chi connectivity index (χ3v) is 2.87. The number of nitrogens with one attached hydrogen (secondary N) is 2. The molecule has 0 amide bonds. The van der Waals surface area contributed by atoms with Crippen molar-refractivity contribution in [3.8, 4) is 5.75 Å². The molecule has 6 heteroatoms. The van der Waals surface area contributed by atoms with Gasteiger partial charge in [-0.3, -0.25) is 0 Å². The molecule has 0 aromatic heterocycles. The number of hydrogen-bond donors (Lipinski definition) is 2. The van der Waals surface area contributed by atoms with Crippen LogP contribution in [-0.4, -0.2) is 25.7 Å². The van der Waals surface area contributed by atoms with Gasteiger partial charge in [0.1, 0.15) is 5.75 Å². The van der Waals surface area contributed by atoms with Crippen molar-refractivity contribution in [1.82, 2.24) is 5.32 Å². The van der Waals surface area contributed by atoms with Crippen molar-refractivity contribution in [2.75, 3.05) is 18.4 Å². The van der Waals surface area contributed by atoms with Gasteiger partial charge < -0.3 is 15.4 Å². The van der Waals surface area contributed by atoms with Crippen molar-refractivity contribution in [2.45, 2.75) is 19.1 Å². The van der Waals surface area contributed by atoms with E-state index in [1.165, 1.54) is 6.07 Å². The molecule has 3 nitrogen and oxygen atoms in total. The van der Waals surface area contributed by atoms with E-state index < -0.39 is 6.61 Å². The van der Waals surface area contributed by atoms with Crippen LogP contribution in [0.15, 0.2) is 18.2 Å². The molecule has 17 heavy (non-hydrogen) atoms. The summed E-state index contributed by atoms with van der Waals surface area (Å²) in [4.78, 5) is 0. The molecule has 1 aliphatic rings. The molecular formula is C11H13ClF2N2O. The first-order chi connectivity index (χ1) is 8.15. The van der Waals surface area contributed by atoms with Gasteiger partial charge in [-0.15, -0.1) is 0 Å². The van der Waals surface area contributed by atoms with Gasteiger partial charge in [0.2, 0.25) is 0 Å². The Morgan fingerprint density at radius 2 is 2.29 bits per heavy atom. The summed E-state index contributed by atoms with van der Waals surface area (Å²) in [5.74, 6) is -0.00300. The van der Waals surface area contributed by atoms with Crippen molar-refractivity contribution in [1.29, 1.82) is 0 Å². The summed E-state index contributed by atoms with van der Waals surface area (Å²) in [5.41, 5.74) is 0.810. The van der Waals surface area contributed by atoms with E-state index in [0.717, 1.165) is 25.2 Å². The van der Waals surface area contributed by atoms with Crippen LogP contribution in [0.1, 0.15) is 6.42 Å². The Hall–Kier alpha value is -1.07. The highest BCUT2D eigenvalue weighted by atomic mass is 35.5. The average molecular weight is 263 g/mol. The molecule has 0 bridgehead atoms. The molecule has 1 atom stereocenters. The van der Waals surface area contributed by atoms with Gasteiger partial charge in [0.15, 0.2) is 0 Å². The Morgan fingerprint density at radius 1 is 1.47 bits per heavy atom. The Bertz CT molecular complexity index is 384. The maximum absolute atomic E-state index is 12.0. The largest absolute Gasteiger partial charge is 0.433 e. The van der Waals surface area contributed by atoms with Crippen LogP contribution in [0.5, 0.6) is 5.75 Å². The van der Waals surface area contributed by atoms with Crippen LogP contribution in [0.25, 0.3) is 0 Å². The molecule has 1 aliphatic heterocycles. The zero-order valence-electron chi connectivity index (χ0n) is 9.05. The SMILES string of the molecule is FC(F)Oc1ccc(NC2CCNC2)cc1Cl. The molecule has 0 aliphatic carbocycles. The van der Waals surface area contributed by atoms with Crippen molar-refractivity contribution in [3.05, 3.63) is 23.2 Å². The lowest BCUT2D eigenvalue weighted by Gasteiger charge is -2.14. The normalized spacial score (nSPS) is 19.6. The van der Waals surface area contributed by atoms with Crippen LogP contribution < -0.4 is 15.4 Å². The minimum atomic E-state index is -2.86. The molecule has 1 aromatic carbocycles. The lowest BCUT2D eigenvalue weighted by molar-refractivity contribution is -0.0497. The molecule has 94 valence electrons.